The van der Waals surface area contributed by atoms with E-state index in [9.17, 15) is 0 Å². The van der Waals surface area contributed by atoms with Crippen LogP contribution in [-0.4, -0.2) is 14.5 Å². The molecular weight excluding hydrogens is 503 g/mol. The van der Waals surface area contributed by atoms with E-state index in [0.29, 0.717) is 14.5 Å². The Kier molecular flexibility index (Phi) is 3.29. The quantitative estimate of drug-likeness (QED) is 0.445. The Morgan fingerprint density at radius 1 is 1.00 bits per heavy atom. The molecule has 12 heavy (non-hydrogen) atoms. The van der Waals surface area contributed by atoms with E-state index in [2.05, 4.69) is 63.7 Å². The predicted molar refractivity (Wildman–Crippen MR) is 69.6 cm³/mol. The molecule has 2 heterocycles. The molecule has 0 aliphatic rings. The van der Waals surface area contributed by atoms with Crippen molar-refractivity contribution in [3.05, 3.63) is 16.1 Å². The van der Waals surface area contributed by atoms with Crippen LogP contribution in [0.4, 0.5) is 0 Å². The van der Waals surface area contributed by atoms with Crippen LogP contribution in [0.25, 0.3) is 8.96 Å². The first-order chi connectivity index (χ1) is 5.61. The summed E-state index contributed by atoms with van der Waals surface area (Å²) in [5.41, 5.74) is 0. The number of fused-ring (bicyclic) bond motifs is 1. The maximum atomic E-state index is 3.57. The molecule has 0 bridgehead atoms. The Labute approximate surface area is 113 Å². The van der Waals surface area contributed by atoms with Crippen molar-refractivity contribution in [2.24, 2.45) is 0 Å². The van der Waals surface area contributed by atoms with E-state index in [4.69, 9.17) is 0 Å². The standard InChI is InChI=1S/C6Br4SSe/c7-1-3-4(12-6(1)10)2(8)5(9)11-3. The molecule has 0 aliphatic heterocycles. The van der Waals surface area contributed by atoms with Gasteiger partial charge in [-0.15, -0.1) is 0 Å². The number of hydrogen-bond donors (Lipinski definition) is 0. The van der Waals surface area contributed by atoms with Crippen molar-refractivity contribution in [2.45, 2.75) is 0 Å². The molecule has 0 atom stereocenters. The van der Waals surface area contributed by atoms with Gasteiger partial charge >= 0.3 is 115 Å². The summed E-state index contributed by atoms with van der Waals surface area (Å²) in [7, 11) is 0. The molecule has 0 spiro atoms. The minimum atomic E-state index is 0.426. The molecule has 0 amide bonds. The molecule has 0 fully saturated rings. The first-order valence-electron chi connectivity index (χ1n) is 2.82. The van der Waals surface area contributed by atoms with Gasteiger partial charge in [0.2, 0.25) is 0 Å². The van der Waals surface area contributed by atoms with Crippen molar-refractivity contribution in [1.29, 1.82) is 0 Å². The van der Waals surface area contributed by atoms with Crippen molar-refractivity contribution in [3.63, 3.8) is 0 Å². The van der Waals surface area contributed by atoms with E-state index in [0.717, 1.165) is 0 Å². The summed E-state index contributed by atoms with van der Waals surface area (Å²) in [6.07, 6.45) is 0. The van der Waals surface area contributed by atoms with Gasteiger partial charge in [0.25, 0.3) is 0 Å². The van der Waals surface area contributed by atoms with Gasteiger partial charge in [0.05, 0.1) is 0 Å². The van der Waals surface area contributed by atoms with Crippen molar-refractivity contribution in [3.8, 4) is 0 Å². The fraction of sp³-hybridized carbons (Fsp3) is 0. The normalized spacial score (nSPS) is 11.3. The molecule has 2 rings (SSSR count). The van der Waals surface area contributed by atoms with Gasteiger partial charge in [-0.05, 0) is 0 Å². The van der Waals surface area contributed by atoms with Crippen LogP contribution in [0.1, 0.15) is 0 Å². The third-order valence-corrected chi connectivity index (χ3v) is 11.2. The Morgan fingerprint density at radius 2 is 1.67 bits per heavy atom. The fourth-order valence-electron chi connectivity index (χ4n) is 0.829. The van der Waals surface area contributed by atoms with E-state index in [1.165, 1.54) is 25.0 Å². The Hall–Kier alpha value is 1.88. The molecule has 0 N–H and O–H groups in total. The number of halogens is 4. The average Bonchev–Trinajstić information content (AvgIpc) is 2.43. The molecule has 0 saturated heterocycles. The second-order valence-electron chi connectivity index (χ2n) is 2.04. The zero-order valence-electron chi connectivity index (χ0n) is 5.33. The zero-order chi connectivity index (χ0) is 8.88. The number of rotatable bonds is 0. The first-order valence-corrected chi connectivity index (χ1v) is 8.52. The summed E-state index contributed by atoms with van der Waals surface area (Å²) < 4.78 is 7.69. The van der Waals surface area contributed by atoms with Crippen LogP contribution in [-0.2, 0) is 0 Å². The SMILES string of the molecule is Brc1sc2c(Br)c(Br)[se]c2c1Br. The van der Waals surface area contributed by atoms with E-state index in [1.807, 2.05) is 0 Å². The van der Waals surface area contributed by atoms with Crippen LogP contribution in [0.15, 0.2) is 16.1 Å². The Bertz CT molecular complexity index is 402. The van der Waals surface area contributed by atoms with E-state index >= 15 is 0 Å². The Balaban J connectivity index is 2.93. The zero-order valence-corrected chi connectivity index (χ0v) is 14.2. The summed E-state index contributed by atoms with van der Waals surface area (Å²) in [6, 6.07) is 0. The molecular formula is C6Br4SSe. The van der Waals surface area contributed by atoms with Crippen LogP contribution in [0.3, 0.4) is 0 Å². The number of hydrogen-bond acceptors (Lipinski definition) is 1. The van der Waals surface area contributed by atoms with Crippen molar-refractivity contribution in [2.75, 3.05) is 0 Å². The molecule has 0 nitrogen and oxygen atoms in total. The predicted octanol–water partition coefficient (Wildman–Crippen LogP) is 5.01. The topological polar surface area (TPSA) is 0 Å². The summed E-state index contributed by atoms with van der Waals surface area (Å²) in [4.78, 5) is 0. The molecule has 0 radical (unpaired) electrons. The average molecular weight is 503 g/mol. The fourth-order valence-corrected chi connectivity index (χ4v) is 8.25. The second-order valence-corrected chi connectivity index (χ2v) is 10.1. The van der Waals surface area contributed by atoms with Crippen LogP contribution >= 0.6 is 75.1 Å². The summed E-state index contributed by atoms with van der Waals surface area (Å²) in [5.74, 6) is 0. The minimum absolute atomic E-state index is 0.426. The molecule has 2 aromatic heterocycles. The molecule has 0 saturated carbocycles. The van der Waals surface area contributed by atoms with Gasteiger partial charge in [0, 0.05) is 0 Å². The Morgan fingerprint density at radius 3 is 2.25 bits per heavy atom. The van der Waals surface area contributed by atoms with Gasteiger partial charge in [0.15, 0.2) is 0 Å². The third-order valence-electron chi connectivity index (χ3n) is 1.33. The van der Waals surface area contributed by atoms with Gasteiger partial charge in [-0.2, -0.15) is 0 Å². The van der Waals surface area contributed by atoms with Gasteiger partial charge in [-0.3, -0.25) is 0 Å². The third kappa shape index (κ3) is 1.57. The second kappa shape index (κ2) is 3.80. The van der Waals surface area contributed by atoms with Gasteiger partial charge in [0.1, 0.15) is 0 Å². The van der Waals surface area contributed by atoms with E-state index in [-0.39, 0.29) is 0 Å². The van der Waals surface area contributed by atoms with E-state index in [1.54, 1.807) is 11.3 Å². The molecule has 6 heteroatoms. The van der Waals surface area contributed by atoms with Crippen molar-refractivity contribution in [1.82, 2.24) is 0 Å². The molecule has 0 aromatic carbocycles. The summed E-state index contributed by atoms with van der Waals surface area (Å²) in [6.45, 7) is 0. The summed E-state index contributed by atoms with van der Waals surface area (Å²) in [5, 5.41) is 0. The molecule has 0 aliphatic carbocycles. The van der Waals surface area contributed by atoms with Crippen LogP contribution in [0, 0.1) is 0 Å². The van der Waals surface area contributed by atoms with Gasteiger partial charge in [-0.25, -0.2) is 0 Å². The van der Waals surface area contributed by atoms with Gasteiger partial charge < -0.3 is 0 Å². The molecule has 2 aromatic rings. The monoisotopic (exact) mass is 500 g/mol. The van der Waals surface area contributed by atoms with Gasteiger partial charge in [-0.1, -0.05) is 0 Å². The van der Waals surface area contributed by atoms with Crippen LogP contribution < -0.4 is 0 Å². The van der Waals surface area contributed by atoms with Crippen LogP contribution in [0.2, 0.25) is 0 Å². The summed E-state index contributed by atoms with van der Waals surface area (Å²) >= 11 is 16.4. The number of thiophene rings is 1. The molecule has 64 valence electrons. The van der Waals surface area contributed by atoms with Crippen molar-refractivity contribution < 1.29 is 0 Å². The van der Waals surface area contributed by atoms with E-state index < -0.39 is 0 Å². The maximum absolute atomic E-state index is 3.57. The first kappa shape index (κ1) is 10.4. The van der Waals surface area contributed by atoms with Crippen LogP contribution in [0.5, 0.6) is 0 Å². The molecule has 0 unspecified atom stereocenters. The van der Waals surface area contributed by atoms with Crippen molar-refractivity contribution >= 4 is 98.5 Å².